The van der Waals surface area contributed by atoms with Gasteiger partial charge in [-0.1, -0.05) is 12.1 Å². The van der Waals surface area contributed by atoms with E-state index in [2.05, 4.69) is 15.3 Å². The summed E-state index contributed by atoms with van der Waals surface area (Å²) < 4.78 is 50.3. The molecule has 0 aliphatic rings. The van der Waals surface area contributed by atoms with E-state index in [-0.39, 0.29) is 36.7 Å². The maximum Gasteiger partial charge on any atom is 0.418 e. The third-order valence-corrected chi connectivity index (χ3v) is 3.75. The van der Waals surface area contributed by atoms with Gasteiger partial charge in [0.15, 0.2) is 6.10 Å². The predicted molar refractivity (Wildman–Crippen MR) is 94.7 cm³/mol. The Morgan fingerprint density at radius 1 is 1.29 bits per heavy atom. The van der Waals surface area contributed by atoms with Crippen LogP contribution in [0.15, 0.2) is 30.6 Å². The van der Waals surface area contributed by atoms with Crippen LogP contribution in [0.2, 0.25) is 0 Å². The zero-order chi connectivity index (χ0) is 20.7. The number of aryl methyl sites for hydroxylation is 1. The Morgan fingerprint density at radius 3 is 2.50 bits per heavy atom. The molecule has 0 aliphatic heterocycles. The number of hydrogen-bond acceptors (Lipinski definition) is 6. The van der Waals surface area contributed by atoms with Crippen molar-refractivity contribution in [2.75, 3.05) is 19.0 Å². The molecule has 0 radical (unpaired) electrons. The highest BCUT2D eigenvalue weighted by molar-refractivity contribution is 5.68. The smallest absolute Gasteiger partial charge is 0.418 e. The van der Waals surface area contributed by atoms with Crippen molar-refractivity contribution < 1.29 is 32.5 Å². The Hall–Kier alpha value is -2.88. The molecular formula is C18H20F3N3O4. The predicted octanol–water partition coefficient (Wildman–Crippen LogP) is 3.89. The van der Waals surface area contributed by atoms with Crippen molar-refractivity contribution in [2.24, 2.45) is 0 Å². The zero-order valence-corrected chi connectivity index (χ0v) is 15.3. The number of halogens is 3. The van der Waals surface area contributed by atoms with Crippen molar-refractivity contribution in [1.82, 2.24) is 9.97 Å². The zero-order valence-electron chi connectivity index (χ0n) is 15.3. The van der Waals surface area contributed by atoms with E-state index in [1.165, 1.54) is 44.6 Å². The number of rotatable bonds is 9. The van der Waals surface area contributed by atoms with Crippen LogP contribution in [0.1, 0.15) is 30.6 Å². The van der Waals surface area contributed by atoms with Crippen LogP contribution in [0.5, 0.6) is 6.01 Å². The van der Waals surface area contributed by atoms with E-state index in [4.69, 9.17) is 14.6 Å². The van der Waals surface area contributed by atoms with Crippen molar-refractivity contribution in [3.8, 4) is 6.01 Å². The lowest BCUT2D eigenvalue weighted by Crippen LogP contribution is -2.24. The van der Waals surface area contributed by atoms with E-state index in [1.54, 1.807) is 0 Å². The van der Waals surface area contributed by atoms with E-state index in [1.807, 2.05) is 0 Å². The highest BCUT2D eigenvalue weighted by Gasteiger charge is 2.42. The van der Waals surface area contributed by atoms with Crippen LogP contribution >= 0.6 is 0 Å². The Bertz CT molecular complexity index is 798. The summed E-state index contributed by atoms with van der Waals surface area (Å²) in [4.78, 5) is 18.6. The highest BCUT2D eigenvalue weighted by Crippen LogP contribution is 2.40. The van der Waals surface area contributed by atoms with Gasteiger partial charge in [0, 0.05) is 24.3 Å². The van der Waals surface area contributed by atoms with Crippen LogP contribution in [0.3, 0.4) is 0 Å². The molecule has 1 heterocycles. The molecule has 0 unspecified atom stereocenters. The number of carboxylic acid groups (broad SMARTS) is 1. The molecule has 0 spiro atoms. The van der Waals surface area contributed by atoms with Gasteiger partial charge in [-0.3, -0.25) is 4.79 Å². The molecule has 152 valence electrons. The first kappa shape index (κ1) is 21.4. The molecule has 10 heteroatoms. The van der Waals surface area contributed by atoms with Gasteiger partial charge in [-0.25, -0.2) is 9.97 Å². The number of aromatic nitrogens is 2. The minimum absolute atomic E-state index is 0.114. The fraction of sp³-hybridized carbons (Fsp3) is 0.389. The van der Waals surface area contributed by atoms with Gasteiger partial charge in [-0.05, 0) is 25.0 Å². The summed E-state index contributed by atoms with van der Waals surface area (Å²) in [6.07, 6.45) is -3.99. The Balaban J connectivity index is 2.42. The second kappa shape index (κ2) is 9.36. The summed E-state index contributed by atoms with van der Waals surface area (Å²) in [5, 5.41) is 11.7. The molecule has 2 rings (SSSR count). The normalized spacial score (nSPS) is 12.5. The van der Waals surface area contributed by atoms with Crippen molar-refractivity contribution in [3.05, 3.63) is 41.7 Å². The number of ether oxygens (including phenoxy) is 2. The molecule has 0 bridgehead atoms. The summed E-state index contributed by atoms with van der Waals surface area (Å²) in [6.45, 7) is 1.35. The van der Waals surface area contributed by atoms with Gasteiger partial charge in [0.1, 0.15) is 0 Å². The van der Waals surface area contributed by atoms with Gasteiger partial charge in [-0.2, -0.15) is 13.2 Å². The average Bonchev–Trinajstić information content (AvgIpc) is 2.65. The Labute approximate surface area is 159 Å². The topological polar surface area (TPSA) is 93.6 Å². The summed E-state index contributed by atoms with van der Waals surface area (Å²) in [6, 6.07) is 4.34. The van der Waals surface area contributed by atoms with Gasteiger partial charge in [0.25, 0.3) is 0 Å². The lowest BCUT2D eigenvalue weighted by atomic mass is 10.0. The van der Waals surface area contributed by atoms with Gasteiger partial charge >= 0.3 is 18.2 Å². The standard InChI is InChI=1S/C18H20F3N3O4/c1-3-28-16(18(19,20)21)13-6-4-11(5-7-15(25)26)8-14(13)24-12-9-22-17(27-2)23-10-12/h4,6,8-10,16,24H,3,5,7H2,1-2H3,(H,25,26)/t16-/m0/s1. The van der Waals surface area contributed by atoms with Crippen LogP contribution in [-0.2, 0) is 16.0 Å². The van der Waals surface area contributed by atoms with Crippen molar-refractivity contribution in [3.63, 3.8) is 0 Å². The molecule has 0 saturated carbocycles. The molecule has 0 saturated heterocycles. The summed E-state index contributed by atoms with van der Waals surface area (Å²) in [5.41, 5.74) is 0.923. The number of nitrogens with one attached hydrogen (secondary N) is 1. The first-order chi connectivity index (χ1) is 13.2. The van der Waals surface area contributed by atoms with E-state index < -0.39 is 18.2 Å². The lowest BCUT2D eigenvalue weighted by Gasteiger charge is -2.24. The molecule has 1 aromatic heterocycles. The minimum Gasteiger partial charge on any atom is -0.481 e. The molecule has 28 heavy (non-hydrogen) atoms. The van der Waals surface area contributed by atoms with E-state index in [0.29, 0.717) is 11.3 Å². The first-order valence-corrected chi connectivity index (χ1v) is 8.40. The average molecular weight is 399 g/mol. The molecule has 2 aromatic rings. The second-order valence-electron chi connectivity index (χ2n) is 5.78. The van der Waals surface area contributed by atoms with Crippen LogP contribution in [0.25, 0.3) is 0 Å². The maximum absolute atomic E-state index is 13.5. The van der Waals surface area contributed by atoms with Gasteiger partial charge in [0.2, 0.25) is 0 Å². The lowest BCUT2D eigenvalue weighted by molar-refractivity contribution is -0.222. The summed E-state index contributed by atoms with van der Waals surface area (Å²) in [5.74, 6) is -0.996. The number of methoxy groups -OCH3 is 1. The Kier molecular flexibility index (Phi) is 7.16. The van der Waals surface area contributed by atoms with Crippen LogP contribution in [0, 0.1) is 0 Å². The monoisotopic (exact) mass is 399 g/mol. The van der Waals surface area contributed by atoms with Crippen molar-refractivity contribution in [1.29, 1.82) is 0 Å². The van der Waals surface area contributed by atoms with Crippen LogP contribution in [-0.4, -0.2) is 40.9 Å². The third-order valence-electron chi connectivity index (χ3n) is 3.75. The van der Waals surface area contributed by atoms with Gasteiger partial charge in [-0.15, -0.1) is 0 Å². The number of carboxylic acids is 1. The Morgan fingerprint density at radius 2 is 1.96 bits per heavy atom. The fourth-order valence-corrected chi connectivity index (χ4v) is 2.52. The number of benzene rings is 1. The van der Waals surface area contributed by atoms with Crippen molar-refractivity contribution in [2.45, 2.75) is 32.0 Å². The van der Waals surface area contributed by atoms with E-state index in [9.17, 15) is 18.0 Å². The number of alkyl halides is 3. The molecule has 0 amide bonds. The van der Waals surface area contributed by atoms with Crippen molar-refractivity contribution >= 4 is 17.3 Å². The SMILES string of the molecule is CCO[C@@H](c1ccc(CCC(=O)O)cc1Nc1cnc(OC)nc1)C(F)(F)F. The molecule has 0 fully saturated rings. The molecule has 7 nitrogen and oxygen atoms in total. The minimum atomic E-state index is -4.62. The molecule has 1 atom stereocenters. The number of hydrogen-bond donors (Lipinski definition) is 2. The van der Waals surface area contributed by atoms with Gasteiger partial charge < -0.3 is 19.9 Å². The fourth-order valence-electron chi connectivity index (χ4n) is 2.52. The van der Waals surface area contributed by atoms with E-state index in [0.717, 1.165) is 0 Å². The van der Waals surface area contributed by atoms with Gasteiger partial charge in [0.05, 0.1) is 25.2 Å². The number of nitrogens with zero attached hydrogens (tertiary/aromatic N) is 2. The molecule has 1 aromatic carbocycles. The second-order valence-corrected chi connectivity index (χ2v) is 5.78. The molecular weight excluding hydrogens is 379 g/mol. The number of carbonyl (C=O) groups is 1. The number of anilines is 2. The molecule has 0 aliphatic carbocycles. The summed E-state index contributed by atoms with van der Waals surface area (Å²) in [7, 11) is 1.39. The highest BCUT2D eigenvalue weighted by atomic mass is 19.4. The third kappa shape index (κ3) is 5.81. The van der Waals surface area contributed by atoms with E-state index >= 15 is 0 Å². The van der Waals surface area contributed by atoms with Crippen LogP contribution in [0.4, 0.5) is 24.5 Å². The molecule has 2 N–H and O–H groups in total. The quantitative estimate of drug-likeness (QED) is 0.661. The summed E-state index contributed by atoms with van der Waals surface area (Å²) >= 11 is 0. The maximum atomic E-state index is 13.5. The van der Waals surface area contributed by atoms with Crippen LogP contribution < -0.4 is 10.1 Å². The first-order valence-electron chi connectivity index (χ1n) is 8.40. The largest absolute Gasteiger partial charge is 0.481 e. The number of aliphatic carboxylic acids is 1.